The van der Waals surface area contributed by atoms with Crippen molar-refractivity contribution < 1.29 is 9.90 Å². The smallest absolute Gasteiger partial charge is 0.185 e. The summed E-state index contributed by atoms with van der Waals surface area (Å²) in [5.41, 5.74) is 1.86. The van der Waals surface area contributed by atoms with E-state index in [0.29, 0.717) is 5.56 Å². The molecule has 0 aliphatic carbocycles. The molecule has 0 unspecified atom stereocenters. The fourth-order valence-corrected chi connectivity index (χ4v) is 1.81. The fraction of sp³-hybridized carbons (Fsp3) is 0.118. The summed E-state index contributed by atoms with van der Waals surface area (Å²) in [6, 6.07) is 16.5. The average molecular weight is 252 g/mol. The van der Waals surface area contributed by atoms with Crippen LogP contribution in [-0.2, 0) is 6.42 Å². The summed E-state index contributed by atoms with van der Waals surface area (Å²) in [6.07, 6.45) is 5.26. The summed E-state index contributed by atoms with van der Waals surface area (Å²) in [4.78, 5) is 11.8. The second-order valence-electron chi connectivity index (χ2n) is 4.34. The van der Waals surface area contributed by atoms with Gasteiger partial charge in [-0.15, -0.1) is 0 Å². The Morgan fingerprint density at radius 3 is 2.37 bits per heavy atom. The number of hydrogen-bond acceptors (Lipinski definition) is 2. The Balaban J connectivity index is 1.85. The molecule has 0 aliphatic rings. The number of carbonyl (C=O) groups excluding carboxylic acids is 1. The third kappa shape index (κ3) is 4.11. The molecule has 0 heterocycles. The molecule has 0 amide bonds. The van der Waals surface area contributed by atoms with Gasteiger partial charge in [0, 0.05) is 5.56 Å². The van der Waals surface area contributed by atoms with Crippen molar-refractivity contribution in [1.82, 2.24) is 0 Å². The Morgan fingerprint density at radius 2 is 1.68 bits per heavy atom. The highest BCUT2D eigenvalue weighted by molar-refractivity contribution is 6.04. The summed E-state index contributed by atoms with van der Waals surface area (Å²) in [5.74, 6) is 0.137. The lowest BCUT2D eigenvalue weighted by Crippen LogP contribution is -1.93. The van der Waals surface area contributed by atoms with Gasteiger partial charge in [-0.1, -0.05) is 36.4 Å². The Labute approximate surface area is 113 Å². The first kappa shape index (κ1) is 13.1. The van der Waals surface area contributed by atoms with Gasteiger partial charge >= 0.3 is 0 Å². The lowest BCUT2D eigenvalue weighted by Gasteiger charge is -1.97. The van der Waals surface area contributed by atoms with Gasteiger partial charge in [0.1, 0.15) is 5.75 Å². The molecule has 96 valence electrons. The van der Waals surface area contributed by atoms with E-state index in [4.69, 9.17) is 5.11 Å². The molecule has 2 aromatic carbocycles. The van der Waals surface area contributed by atoms with Gasteiger partial charge in [-0.2, -0.15) is 0 Å². The molecule has 2 heteroatoms. The number of allylic oxidation sites excluding steroid dienone is 2. The molecular weight excluding hydrogens is 236 g/mol. The van der Waals surface area contributed by atoms with E-state index in [2.05, 4.69) is 12.1 Å². The fourth-order valence-electron chi connectivity index (χ4n) is 1.81. The number of carbonyl (C=O) groups is 1. The maximum Gasteiger partial charge on any atom is 0.185 e. The topological polar surface area (TPSA) is 37.3 Å². The maximum atomic E-state index is 11.8. The van der Waals surface area contributed by atoms with Crippen molar-refractivity contribution in [1.29, 1.82) is 0 Å². The quantitative estimate of drug-likeness (QED) is 0.649. The molecular formula is C17H16O2. The minimum atomic E-state index is -0.0342. The Morgan fingerprint density at radius 1 is 1.00 bits per heavy atom. The van der Waals surface area contributed by atoms with Crippen molar-refractivity contribution in [3.05, 3.63) is 77.9 Å². The first-order valence-electron chi connectivity index (χ1n) is 6.29. The molecule has 2 rings (SSSR count). The average Bonchev–Trinajstić information content (AvgIpc) is 2.45. The molecule has 0 aliphatic heterocycles. The van der Waals surface area contributed by atoms with Crippen molar-refractivity contribution in [2.75, 3.05) is 0 Å². The van der Waals surface area contributed by atoms with Crippen molar-refractivity contribution in [3.8, 4) is 5.75 Å². The molecule has 19 heavy (non-hydrogen) atoms. The van der Waals surface area contributed by atoms with Gasteiger partial charge in [0.05, 0.1) is 0 Å². The standard InChI is InChI=1S/C17H16O2/c18-16-12-10-15(11-13-16)17(19)9-5-4-8-14-6-2-1-3-7-14/h1-3,5-7,9-13,18H,4,8H2/b9-5+. The van der Waals surface area contributed by atoms with Crippen molar-refractivity contribution in [3.63, 3.8) is 0 Å². The van der Waals surface area contributed by atoms with Crippen LogP contribution in [0.25, 0.3) is 0 Å². The van der Waals surface area contributed by atoms with Gasteiger partial charge in [0.15, 0.2) is 5.78 Å². The van der Waals surface area contributed by atoms with E-state index < -0.39 is 0 Å². The van der Waals surface area contributed by atoms with Crippen LogP contribution in [0.1, 0.15) is 22.3 Å². The molecule has 1 N–H and O–H groups in total. The van der Waals surface area contributed by atoms with E-state index >= 15 is 0 Å². The van der Waals surface area contributed by atoms with E-state index in [0.717, 1.165) is 12.8 Å². The zero-order valence-corrected chi connectivity index (χ0v) is 10.6. The molecule has 0 fully saturated rings. The Bertz CT molecular complexity index is 554. The number of benzene rings is 2. The zero-order valence-electron chi connectivity index (χ0n) is 10.6. The number of aryl methyl sites for hydroxylation is 1. The monoisotopic (exact) mass is 252 g/mol. The van der Waals surface area contributed by atoms with Crippen LogP contribution in [0.4, 0.5) is 0 Å². The summed E-state index contributed by atoms with van der Waals surface area (Å²) >= 11 is 0. The SMILES string of the molecule is O=C(/C=C/CCc1ccccc1)c1ccc(O)cc1. The van der Waals surface area contributed by atoms with Crippen molar-refractivity contribution in [2.24, 2.45) is 0 Å². The van der Waals surface area contributed by atoms with Crippen molar-refractivity contribution in [2.45, 2.75) is 12.8 Å². The molecule has 0 aromatic heterocycles. The highest BCUT2D eigenvalue weighted by atomic mass is 16.3. The third-order valence-electron chi connectivity index (χ3n) is 2.86. The number of phenols is 1. The molecule has 2 aromatic rings. The summed E-state index contributed by atoms with van der Waals surface area (Å²) in [6.45, 7) is 0. The van der Waals surface area contributed by atoms with Crippen LogP contribution >= 0.6 is 0 Å². The van der Waals surface area contributed by atoms with Crippen LogP contribution in [0.3, 0.4) is 0 Å². The number of rotatable bonds is 5. The third-order valence-corrected chi connectivity index (χ3v) is 2.86. The number of aromatic hydroxyl groups is 1. The van der Waals surface area contributed by atoms with E-state index in [9.17, 15) is 4.79 Å². The maximum absolute atomic E-state index is 11.8. The molecule has 0 atom stereocenters. The van der Waals surface area contributed by atoms with Crippen LogP contribution in [0.2, 0.25) is 0 Å². The van der Waals surface area contributed by atoms with Gasteiger partial charge < -0.3 is 5.11 Å². The van der Waals surface area contributed by atoms with Gasteiger partial charge in [-0.25, -0.2) is 0 Å². The van der Waals surface area contributed by atoms with E-state index in [1.165, 1.54) is 17.7 Å². The molecule has 0 radical (unpaired) electrons. The highest BCUT2D eigenvalue weighted by Crippen LogP contribution is 2.11. The van der Waals surface area contributed by atoms with Gasteiger partial charge in [0.2, 0.25) is 0 Å². The predicted molar refractivity (Wildman–Crippen MR) is 76.3 cm³/mol. The first-order chi connectivity index (χ1) is 9.25. The van der Waals surface area contributed by atoms with Crippen molar-refractivity contribution >= 4 is 5.78 Å². The number of hydrogen-bond donors (Lipinski definition) is 1. The Hall–Kier alpha value is -2.35. The van der Waals surface area contributed by atoms with E-state index in [-0.39, 0.29) is 11.5 Å². The summed E-state index contributed by atoms with van der Waals surface area (Å²) < 4.78 is 0. The van der Waals surface area contributed by atoms with Crippen LogP contribution in [0.15, 0.2) is 66.7 Å². The lowest BCUT2D eigenvalue weighted by atomic mass is 10.1. The minimum Gasteiger partial charge on any atom is -0.508 e. The number of phenolic OH excluding ortho intramolecular Hbond substituents is 1. The molecule has 0 saturated heterocycles. The van der Waals surface area contributed by atoms with Gasteiger partial charge in [-0.3, -0.25) is 4.79 Å². The molecule has 0 saturated carbocycles. The van der Waals surface area contributed by atoms with Gasteiger partial charge in [-0.05, 0) is 48.7 Å². The summed E-state index contributed by atoms with van der Waals surface area (Å²) in [5, 5.41) is 9.15. The first-order valence-corrected chi connectivity index (χ1v) is 6.29. The second-order valence-corrected chi connectivity index (χ2v) is 4.34. The van der Waals surface area contributed by atoms with E-state index in [1.54, 1.807) is 18.2 Å². The van der Waals surface area contributed by atoms with Crippen LogP contribution < -0.4 is 0 Å². The summed E-state index contributed by atoms with van der Waals surface area (Å²) in [7, 11) is 0. The Kier molecular flexibility index (Phi) is 4.51. The van der Waals surface area contributed by atoms with Gasteiger partial charge in [0.25, 0.3) is 0 Å². The van der Waals surface area contributed by atoms with Crippen LogP contribution in [0.5, 0.6) is 5.75 Å². The lowest BCUT2D eigenvalue weighted by molar-refractivity contribution is 0.104. The van der Waals surface area contributed by atoms with E-state index in [1.807, 2.05) is 24.3 Å². The molecule has 0 spiro atoms. The second kappa shape index (κ2) is 6.55. The molecule has 0 bridgehead atoms. The normalized spacial score (nSPS) is 10.7. The zero-order chi connectivity index (χ0) is 13.5. The van der Waals surface area contributed by atoms with Crippen LogP contribution in [-0.4, -0.2) is 10.9 Å². The van der Waals surface area contributed by atoms with Crippen LogP contribution in [0, 0.1) is 0 Å². The number of ketones is 1. The largest absolute Gasteiger partial charge is 0.508 e. The minimum absolute atomic E-state index is 0.0342. The molecule has 2 nitrogen and oxygen atoms in total. The highest BCUT2D eigenvalue weighted by Gasteiger charge is 2.00. The predicted octanol–water partition coefficient (Wildman–Crippen LogP) is 3.76.